The first-order valence-electron chi connectivity index (χ1n) is 7.71. The number of nitrogens with one attached hydrogen (secondary N) is 1. The molecule has 0 spiro atoms. The Hall–Kier alpha value is -0.830. The van der Waals surface area contributed by atoms with Crippen LogP contribution in [0.3, 0.4) is 0 Å². The average molecular weight is 467 g/mol. The highest BCUT2D eigenvalue weighted by atomic mass is 127. The summed E-state index contributed by atoms with van der Waals surface area (Å²) in [6.45, 7) is 7.37. The van der Waals surface area contributed by atoms with Gasteiger partial charge in [-0.2, -0.15) is 0 Å². The molecule has 1 N–H and O–H groups in total. The number of hydrogen-bond donors (Lipinski definition) is 1. The molecule has 1 aromatic rings. The van der Waals surface area contributed by atoms with Gasteiger partial charge in [-0.15, -0.1) is 24.0 Å². The normalized spacial score (nSPS) is 13.0. The van der Waals surface area contributed by atoms with Gasteiger partial charge in [-0.25, -0.2) is 0 Å². The third-order valence-corrected chi connectivity index (χ3v) is 5.35. The molecular formula is C17H30IN3O2S. The van der Waals surface area contributed by atoms with Gasteiger partial charge >= 0.3 is 0 Å². The van der Waals surface area contributed by atoms with Crippen molar-refractivity contribution in [2.24, 2.45) is 4.99 Å². The second-order valence-corrected chi connectivity index (χ2v) is 8.66. The zero-order chi connectivity index (χ0) is 17.5. The monoisotopic (exact) mass is 467 g/mol. The molecule has 0 aliphatic carbocycles. The molecule has 24 heavy (non-hydrogen) atoms. The van der Waals surface area contributed by atoms with E-state index in [4.69, 9.17) is 4.74 Å². The summed E-state index contributed by atoms with van der Waals surface area (Å²) < 4.78 is 17.0. The Kier molecular flexibility index (Phi) is 10.5. The van der Waals surface area contributed by atoms with Crippen LogP contribution in [-0.4, -0.2) is 53.3 Å². The largest absolute Gasteiger partial charge is 0.497 e. The van der Waals surface area contributed by atoms with Crippen LogP contribution in [0.15, 0.2) is 29.3 Å². The quantitative estimate of drug-likeness (QED) is 0.397. The van der Waals surface area contributed by atoms with Crippen LogP contribution < -0.4 is 10.1 Å². The van der Waals surface area contributed by atoms with Crippen LogP contribution in [0.1, 0.15) is 26.3 Å². The molecule has 1 aromatic carbocycles. The molecule has 1 rings (SSSR count). The Balaban J connectivity index is 0.00000529. The van der Waals surface area contributed by atoms with Crippen LogP contribution >= 0.6 is 24.0 Å². The van der Waals surface area contributed by atoms with Gasteiger partial charge in [0.2, 0.25) is 0 Å². The maximum Gasteiger partial charge on any atom is 0.193 e. The van der Waals surface area contributed by atoms with Gasteiger partial charge in [-0.3, -0.25) is 9.20 Å². The van der Waals surface area contributed by atoms with Crippen molar-refractivity contribution in [2.45, 2.75) is 32.1 Å². The molecule has 138 valence electrons. The van der Waals surface area contributed by atoms with Crippen LogP contribution in [0.4, 0.5) is 0 Å². The van der Waals surface area contributed by atoms with Gasteiger partial charge in [0, 0.05) is 48.5 Å². The van der Waals surface area contributed by atoms with Crippen molar-refractivity contribution in [1.29, 1.82) is 0 Å². The molecule has 0 fully saturated rings. The second kappa shape index (κ2) is 10.9. The SMILES string of the molecule is CN=C(NCCS(=O)C(C)(C)C)N(C)Cc1ccc(OC)cc1.I. The van der Waals surface area contributed by atoms with Gasteiger partial charge in [-0.05, 0) is 38.5 Å². The van der Waals surface area contributed by atoms with E-state index >= 15 is 0 Å². The fraction of sp³-hybridized carbons (Fsp3) is 0.588. The topological polar surface area (TPSA) is 53.9 Å². The number of nitrogens with zero attached hydrogens (tertiary/aromatic N) is 2. The molecule has 0 aliphatic heterocycles. The highest BCUT2D eigenvalue weighted by molar-refractivity contribution is 14.0. The third-order valence-electron chi connectivity index (χ3n) is 3.41. The lowest BCUT2D eigenvalue weighted by molar-refractivity contribution is 0.414. The van der Waals surface area contributed by atoms with E-state index in [0.717, 1.165) is 18.3 Å². The van der Waals surface area contributed by atoms with Gasteiger partial charge in [0.05, 0.1) is 7.11 Å². The van der Waals surface area contributed by atoms with E-state index < -0.39 is 10.8 Å². The van der Waals surface area contributed by atoms with E-state index in [-0.39, 0.29) is 28.7 Å². The molecule has 7 heteroatoms. The summed E-state index contributed by atoms with van der Waals surface area (Å²) in [5, 5.41) is 3.27. The van der Waals surface area contributed by atoms with Gasteiger partial charge in [-0.1, -0.05) is 12.1 Å². The fourth-order valence-corrected chi connectivity index (χ4v) is 2.93. The highest BCUT2D eigenvalue weighted by Crippen LogP contribution is 2.13. The number of guanidine groups is 1. The molecule has 5 nitrogen and oxygen atoms in total. The minimum Gasteiger partial charge on any atom is -0.497 e. The van der Waals surface area contributed by atoms with Crippen molar-refractivity contribution in [3.63, 3.8) is 0 Å². The van der Waals surface area contributed by atoms with Crippen LogP contribution in [0.5, 0.6) is 5.75 Å². The van der Waals surface area contributed by atoms with Crippen LogP contribution in [0.2, 0.25) is 0 Å². The molecule has 0 saturated heterocycles. The lowest BCUT2D eigenvalue weighted by Crippen LogP contribution is -2.41. The van der Waals surface area contributed by atoms with Crippen molar-refractivity contribution in [2.75, 3.05) is 33.5 Å². The summed E-state index contributed by atoms with van der Waals surface area (Å²) in [5.74, 6) is 2.26. The number of benzene rings is 1. The lowest BCUT2D eigenvalue weighted by atomic mass is 10.2. The second-order valence-electron chi connectivity index (χ2n) is 6.34. The van der Waals surface area contributed by atoms with Crippen molar-refractivity contribution < 1.29 is 8.95 Å². The van der Waals surface area contributed by atoms with Crippen LogP contribution in [0.25, 0.3) is 0 Å². The Morgan fingerprint density at radius 2 is 1.88 bits per heavy atom. The summed E-state index contributed by atoms with van der Waals surface area (Å²) >= 11 is 0. The maximum atomic E-state index is 12.1. The summed E-state index contributed by atoms with van der Waals surface area (Å²) in [4.78, 5) is 6.33. The summed E-state index contributed by atoms with van der Waals surface area (Å²) in [6, 6.07) is 7.98. The number of hydrogen-bond acceptors (Lipinski definition) is 3. The van der Waals surface area contributed by atoms with Gasteiger partial charge in [0.25, 0.3) is 0 Å². The molecule has 0 amide bonds. The lowest BCUT2D eigenvalue weighted by Gasteiger charge is -2.23. The molecule has 0 radical (unpaired) electrons. The first kappa shape index (κ1) is 23.2. The average Bonchev–Trinajstić information content (AvgIpc) is 2.51. The van der Waals surface area contributed by atoms with E-state index in [2.05, 4.69) is 10.3 Å². The zero-order valence-electron chi connectivity index (χ0n) is 15.5. The van der Waals surface area contributed by atoms with E-state index in [1.807, 2.05) is 57.0 Å². The Morgan fingerprint density at radius 3 is 2.33 bits per heavy atom. The summed E-state index contributed by atoms with van der Waals surface area (Å²) in [6.07, 6.45) is 0. The van der Waals surface area contributed by atoms with Gasteiger partial charge < -0.3 is 15.0 Å². The maximum absolute atomic E-state index is 12.1. The van der Waals surface area contributed by atoms with Crippen molar-refractivity contribution >= 4 is 40.7 Å². The molecular weight excluding hydrogens is 437 g/mol. The minimum absolute atomic E-state index is 0. The highest BCUT2D eigenvalue weighted by Gasteiger charge is 2.19. The zero-order valence-corrected chi connectivity index (χ0v) is 18.6. The molecule has 1 unspecified atom stereocenters. The molecule has 0 bridgehead atoms. The number of methoxy groups -OCH3 is 1. The van der Waals surface area contributed by atoms with Crippen molar-refractivity contribution in [3.05, 3.63) is 29.8 Å². The fourth-order valence-electron chi connectivity index (χ4n) is 2.03. The Labute approximate surface area is 165 Å². The molecule has 0 aliphatic rings. The molecule has 0 heterocycles. The summed E-state index contributed by atoms with van der Waals surface area (Å²) in [5.41, 5.74) is 1.18. The number of aliphatic imine (C=N–C) groups is 1. The molecule has 1 atom stereocenters. The molecule has 0 aromatic heterocycles. The third kappa shape index (κ3) is 7.83. The summed E-state index contributed by atoms with van der Waals surface area (Å²) in [7, 11) is 4.54. The smallest absolute Gasteiger partial charge is 0.193 e. The van der Waals surface area contributed by atoms with Crippen LogP contribution in [-0.2, 0) is 17.3 Å². The van der Waals surface area contributed by atoms with Crippen molar-refractivity contribution in [3.8, 4) is 5.75 Å². The van der Waals surface area contributed by atoms with E-state index in [0.29, 0.717) is 12.3 Å². The molecule has 0 saturated carbocycles. The van der Waals surface area contributed by atoms with Crippen LogP contribution in [0, 0.1) is 0 Å². The first-order chi connectivity index (χ1) is 10.8. The number of ether oxygens (including phenoxy) is 1. The van der Waals surface area contributed by atoms with E-state index in [1.54, 1.807) is 14.2 Å². The predicted octanol–water partition coefficient (Wildman–Crippen LogP) is 2.87. The Bertz CT molecular complexity index is 542. The number of halogens is 1. The standard InChI is InChI=1S/C17H29N3O2S.HI/c1-17(2,3)23(21)12-11-19-16(18-4)20(5)13-14-7-9-15(22-6)10-8-14;/h7-10H,11-13H2,1-6H3,(H,18,19);1H. The predicted molar refractivity (Wildman–Crippen MR) is 114 cm³/mol. The van der Waals surface area contributed by atoms with E-state index in [9.17, 15) is 4.21 Å². The van der Waals surface area contributed by atoms with E-state index in [1.165, 1.54) is 5.56 Å². The number of rotatable bonds is 6. The van der Waals surface area contributed by atoms with Crippen molar-refractivity contribution in [1.82, 2.24) is 10.2 Å². The van der Waals surface area contributed by atoms with Gasteiger partial charge in [0.15, 0.2) is 5.96 Å². The van der Waals surface area contributed by atoms with Gasteiger partial charge in [0.1, 0.15) is 5.75 Å². The Morgan fingerprint density at radius 1 is 1.29 bits per heavy atom. The minimum atomic E-state index is -0.861. The first-order valence-corrected chi connectivity index (χ1v) is 9.03.